The number of hydrogen-bond acceptors (Lipinski definition) is 5. The highest BCUT2D eigenvalue weighted by Crippen LogP contribution is 2.16. The van der Waals surface area contributed by atoms with Crippen LogP contribution in [0.3, 0.4) is 0 Å². The van der Waals surface area contributed by atoms with Gasteiger partial charge in [0.25, 0.3) is 11.8 Å². The summed E-state index contributed by atoms with van der Waals surface area (Å²) in [5.74, 6) is -0.408. The smallest absolute Gasteiger partial charge is 0.271 e. The first-order chi connectivity index (χ1) is 13.0. The number of benzene rings is 2. The second kappa shape index (κ2) is 8.09. The minimum Gasteiger partial charge on any atom is -0.321 e. The lowest BCUT2D eigenvalue weighted by Gasteiger charge is -2.12. The number of aryl methyl sites for hydroxylation is 2. The Labute approximate surface area is 156 Å². The van der Waals surface area contributed by atoms with Crippen molar-refractivity contribution in [1.82, 2.24) is 15.4 Å². The minimum atomic E-state index is -0.415. The molecule has 7 heteroatoms. The van der Waals surface area contributed by atoms with Crippen molar-refractivity contribution in [1.29, 1.82) is 0 Å². The second-order valence-electron chi connectivity index (χ2n) is 5.92. The van der Waals surface area contributed by atoms with E-state index >= 15 is 0 Å². The van der Waals surface area contributed by atoms with Crippen molar-refractivity contribution in [3.63, 3.8) is 0 Å². The third kappa shape index (κ3) is 4.66. The average molecular weight is 361 g/mol. The number of hydrogen-bond donors (Lipinski definition) is 3. The normalized spacial score (nSPS) is 10.1. The summed E-state index contributed by atoms with van der Waals surface area (Å²) >= 11 is 0. The maximum atomic E-state index is 12.5. The van der Waals surface area contributed by atoms with Crippen LogP contribution < -0.4 is 16.2 Å². The molecule has 1 aromatic heterocycles. The molecule has 0 aliphatic rings. The van der Waals surface area contributed by atoms with Crippen molar-refractivity contribution in [2.45, 2.75) is 13.8 Å². The van der Waals surface area contributed by atoms with E-state index in [-0.39, 0.29) is 5.91 Å². The highest BCUT2D eigenvalue weighted by Gasteiger charge is 2.14. The van der Waals surface area contributed by atoms with Crippen molar-refractivity contribution in [2.75, 3.05) is 10.7 Å². The van der Waals surface area contributed by atoms with Crippen LogP contribution in [0.4, 0.5) is 11.6 Å². The Morgan fingerprint density at radius 3 is 2.15 bits per heavy atom. The number of carbonyl (C=O) groups excluding carboxylic acids is 2. The van der Waals surface area contributed by atoms with Gasteiger partial charge in [0.05, 0.1) is 11.3 Å². The van der Waals surface area contributed by atoms with E-state index in [4.69, 9.17) is 0 Å². The average Bonchev–Trinajstić information content (AvgIpc) is 2.66. The summed E-state index contributed by atoms with van der Waals surface area (Å²) in [4.78, 5) is 33.3. The molecule has 0 fully saturated rings. The fourth-order valence-corrected chi connectivity index (χ4v) is 2.54. The zero-order valence-electron chi connectivity index (χ0n) is 15.0. The van der Waals surface area contributed by atoms with Gasteiger partial charge in [-0.25, -0.2) is 9.97 Å². The van der Waals surface area contributed by atoms with Crippen molar-refractivity contribution < 1.29 is 9.59 Å². The predicted octanol–water partition coefficient (Wildman–Crippen LogP) is 3.10. The standard InChI is InChI=1S/C20H19N5O2/c1-13-12-14(2)22-20(21-13)25-24-19(27)16-10-6-7-11-17(16)23-18(26)15-8-4-3-5-9-15/h3-12H,1-2H3,(H,23,26)(H,24,27)(H,21,22,25). The summed E-state index contributed by atoms with van der Waals surface area (Å²) in [5, 5.41) is 2.77. The summed E-state index contributed by atoms with van der Waals surface area (Å²) in [6.07, 6.45) is 0. The number of carbonyl (C=O) groups is 2. The summed E-state index contributed by atoms with van der Waals surface area (Å²) in [5.41, 5.74) is 8.07. The fourth-order valence-electron chi connectivity index (χ4n) is 2.54. The first kappa shape index (κ1) is 18.1. The lowest BCUT2D eigenvalue weighted by molar-refractivity contribution is 0.0963. The number of amides is 2. The van der Waals surface area contributed by atoms with E-state index in [2.05, 4.69) is 26.1 Å². The van der Waals surface area contributed by atoms with Gasteiger partial charge in [0.1, 0.15) is 0 Å². The van der Waals surface area contributed by atoms with Crippen LogP contribution in [0.15, 0.2) is 60.7 Å². The van der Waals surface area contributed by atoms with Gasteiger partial charge in [0.15, 0.2) is 0 Å². The van der Waals surface area contributed by atoms with Gasteiger partial charge in [-0.15, -0.1) is 0 Å². The first-order valence-electron chi connectivity index (χ1n) is 8.37. The Morgan fingerprint density at radius 1 is 0.815 bits per heavy atom. The number of hydrazine groups is 1. The largest absolute Gasteiger partial charge is 0.321 e. The number of anilines is 2. The van der Waals surface area contributed by atoms with Crippen LogP contribution in [0, 0.1) is 13.8 Å². The van der Waals surface area contributed by atoms with Crippen molar-refractivity contribution >= 4 is 23.5 Å². The van der Waals surface area contributed by atoms with E-state index in [1.807, 2.05) is 26.0 Å². The summed E-state index contributed by atoms with van der Waals surface area (Å²) in [6, 6.07) is 17.4. The lowest BCUT2D eigenvalue weighted by Crippen LogP contribution is -2.31. The molecule has 7 nitrogen and oxygen atoms in total. The van der Waals surface area contributed by atoms with Gasteiger partial charge in [-0.3, -0.25) is 20.4 Å². The summed E-state index contributed by atoms with van der Waals surface area (Å²) < 4.78 is 0. The van der Waals surface area contributed by atoms with Crippen molar-refractivity contribution in [2.24, 2.45) is 0 Å². The summed E-state index contributed by atoms with van der Waals surface area (Å²) in [6.45, 7) is 3.69. The Morgan fingerprint density at radius 2 is 1.44 bits per heavy atom. The maximum Gasteiger partial charge on any atom is 0.271 e. The molecule has 0 unspecified atom stereocenters. The van der Waals surface area contributed by atoms with Crippen LogP contribution in [-0.4, -0.2) is 21.8 Å². The van der Waals surface area contributed by atoms with Gasteiger partial charge in [-0.1, -0.05) is 30.3 Å². The predicted molar refractivity (Wildman–Crippen MR) is 103 cm³/mol. The van der Waals surface area contributed by atoms with E-state index in [1.54, 1.807) is 48.5 Å². The molecular formula is C20H19N5O2. The van der Waals surface area contributed by atoms with Gasteiger partial charge in [-0.05, 0) is 44.2 Å². The number of aromatic nitrogens is 2. The van der Waals surface area contributed by atoms with E-state index in [0.29, 0.717) is 22.8 Å². The zero-order valence-corrected chi connectivity index (χ0v) is 15.0. The number of rotatable bonds is 5. The minimum absolute atomic E-state index is 0.290. The third-order valence-corrected chi connectivity index (χ3v) is 3.73. The molecule has 0 bridgehead atoms. The van der Waals surface area contributed by atoms with E-state index in [0.717, 1.165) is 11.4 Å². The Kier molecular flexibility index (Phi) is 5.41. The van der Waals surface area contributed by atoms with E-state index < -0.39 is 5.91 Å². The highest BCUT2D eigenvalue weighted by molar-refractivity contribution is 6.09. The highest BCUT2D eigenvalue weighted by atomic mass is 16.2. The molecule has 0 saturated heterocycles. The number of nitrogens with one attached hydrogen (secondary N) is 3. The molecule has 1 heterocycles. The van der Waals surface area contributed by atoms with E-state index in [9.17, 15) is 9.59 Å². The molecule has 0 aliphatic carbocycles. The number of para-hydroxylation sites is 1. The van der Waals surface area contributed by atoms with Crippen LogP contribution in [0.2, 0.25) is 0 Å². The molecule has 0 radical (unpaired) electrons. The molecule has 136 valence electrons. The topological polar surface area (TPSA) is 96.0 Å². The van der Waals surface area contributed by atoms with Crippen LogP contribution in [0.5, 0.6) is 0 Å². The Balaban J connectivity index is 1.73. The Bertz CT molecular complexity index is 953. The lowest BCUT2D eigenvalue weighted by atomic mass is 10.1. The molecule has 0 spiro atoms. The monoisotopic (exact) mass is 361 g/mol. The maximum absolute atomic E-state index is 12.5. The van der Waals surface area contributed by atoms with Gasteiger partial charge in [0, 0.05) is 17.0 Å². The summed E-state index contributed by atoms with van der Waals surface area (Å²) in [7, 11) is 0. The molecule has 3 N–H and O–H groups in total. The van der Waals surface area contributed by atoms with Crippen LogP contribution in [0.1, 0.15) is 32.1 Å². The molecule has 2 amide bonds. The molecule has 0 aliphatic heterocycles. The SMILES string of the molecule is Cc1cc(C)nc(NNC(=O)c2ccccc2NC(=O)c2ccccc2)n1. The fraction of sp³-hybridized carbons (Fsp3) is 0.100. The van der Waals surface area contributed by atoms with Crippen LogP contribution in [-0.2, 0) is 0 Å². The molecule has 27 heavy (non-hydrogen) atoms. The third-order valence-electron chi connectivity index (χ3n) is 3.73. The van der Waals surface area contributed by atoms with Gasteiger partial charge < -0.3 is 5.32 Å². The quantitative estimate of drug-likeness (QED) is 0.607. The molecule has 2 aromatic carbocycles. The van der Waals surface area contributed by atoms with Gasteiger partial charge in [0.2, 0.25) is 5.95 Å². The molecule has 0 atom stereocenters. The van der Waals surface area contributed by atoms with Crippen LogP contribution in [0.25, 0.3) is 0 Å². The van der Waals surface area contributed by atoms with E-state index in [1.165, 1.54) is 0 Å². The van der Waals surface area contributed by atoms with Gasteiger partial charge in [-0.2, -0.15) is 0 Å². The Hall–Kier alpha value is -3.74. The van der Waals surface area contributed by atoms with Gasteiger partial charge >= 0.3 is 0 Å². The van der Waals surface area contributed by atoms with Crippen molar-refractivity contribution in [3.05, 3.63) is 83.2 Å². The molecule has 3 rings (SSSR count). The molecule has 3 aromatic rings. The van der Waals surface area contributed by atoms with Crippen molar-refractivity contribution in [3.8, 4) is 0 Å². The first-order valence-corrected chi connectivity index (χ1v) is 8.37. The zero-order chi connectivity index (χ0) is 19.2. The molecular weight excluding hydrogens is 342 g/mol. The molecule has 0 saturated carbocycles. The second-order valence-corrected chi connectivity index (χ2v) is 5.92. The number of nitrogens with zero attached hydrogens (tertiary/aromatic N) is 2. The van der Waals surface area contributed by atoms with Crippen LogP contribution >= 0.6 is 0 Å².